The highest BCUT2D eigenvalue weighted by Gasteiger charge is 2.14. The molecule has 3 rings (SSSR count). The first kappa shape index (κ1) is 18.0. The quantitative estimate of drug-likeness (QED) is 0.836. The van der Waals surface area contributed by atoms with E-state index >= 15 is 0 Å². The maximum Gasteiger partial charge on any atom is 0.254 e. The highest BCUT2D eigenvalue weighted by molar-refractivity contribution is 5.89. The van der Waals surface area contributed by atoms with Crippen LogP contribution in [0.4, 0.5) is 11.6 Å². The van der Waals surface area contributed by atoms with Crippen LogP contribution < -0.4 is 15.8 Å². The lowest BCUT2D eigenvalue weighted by Crippen LogP contribution is -2.36. The average Bonchev–Trinajstić information content (AvgIpc) is 2.64. The third-order valence-corrected chi connectivity index (χ3v) is 4.06. The lowest BCUT2D eigenvalue weighted by Gasteiger charge is -2.27. The fourth-order valence-corrected chi connectivity index (χ4v) is 2.59. The normalized spacial score (nSPS) is 14.5. The Balaban J connectivity index is 1.66. The van der Waals surface area contributed by atoms with Crippen LogP contribution in [-0.4, -0.2) is 51.7 Å². The molecule has 0 aromatic carbocycles. The van der Waals surface area contributed by atoms with Gasteiger partial charge in [0.2, 0.25) is 5.91 Å². The number of anilines is 2. The van der Waals surface area contributed by atoms with E-state index in [1.165, 1.54) is 23.3 Å². The van der Waals surface area contributed by atoms with Gasteiger partial charge in [-0.3, -0.25) is 14.2 Å². The van der Waals surface area contributed by atoms with Crippen LogP contribution in [0.25, 0.3) is 0 Å². The Kier molecular flexibility index (Phi) is 5.57. The van der Waals surface area contributed by atoms with E-state index in [0.717, 1.165) is 18.9 Å². The Morgan fingerprint density at radius 3 is 2.69 bits per heavy atom. The van der Waals surface area contributed by atoms with E-state index in [4.69, 9.17) is 4.74 Å². The van der Waals surface area contributed by atoms with Crippen molar-refractivity contribution in [1.29, 1.82) is 0 Å². The highest BCUT2D eigenvalue weighted by atomic mass is 16.5. The number of nitrogens with zero attached hydrogens (tertiary/aromatic N) is 5. The maximum atomic E-state index is 12.2. The standard InChI is InChI=1S/C17H22N6O3/c1-12(2)13-7-17(25)23(11-20-13)9-16(24)21-14-8-15(19-10-18-14)22-3-5-26-6-4-22/h7-8,10-12H,3-6,9H2,1-2H3,(H,18,19,21,24). The summed E-state index contributed by atoms with van der Waals surface area (Å²) in [6, 6.07) is 3.17. The Hall–Kier alpha value is -2.81. The Labute approximate surface area is 151 Å². The average molecular weight is 358 g/mol. The highest BCUT2D eigenvalue weighted by Crippen LogP contribution is 2.15. The van der Waals surface area contributed by atoms with Crippen molar-refractivity contribution in [2.75, 3.05) is 36.5 Å². The fourth-order valence-electron chi connectivity index (χ4n) is 2.59. The molecule has 0 aliphatic carbocycles. The van der Waals surface area contributed by atoms with Crippen molar-refractivity contribution in [1.82, 2.24) is 19.5 Å². The lowest BCUT2D eigenvalue weighted by molar-refractivity contribution is -0.116. The first-order chi connectivity index (χ1) is 12.5. The number of nitrogens with one attached hydrogen (secondary N) is 1. The molecule has 26 heavy (non-hydrogen) atoms. The number of carbonyl (C=O) groups excluding carboxylic acids is 1. The number of hydrogen-bond donors (Lipinski definition) is 1. The smallest absolute Gasteiger partial charge is 0.254 e. The molecule has 0 saturated carbocycles. The van der Waals surface area contributed by atoms with Crippen molar-refractivity contribution >= 4 is 17.5 Å². The fraction of sp³-hybridized carbons (Fsp3) is 0.471. The Morgan fingerprint density at radius 2 is 2.00 bits per heavy atom. The van der Waals surface area contributed by atoms with Gasteiger partial charge in [0.15, 0.2) is 0 Å². The zero-order chi connectivity index (χ0) is 18.5. The summed E-state index contributed by atoms with van der Waals surface area (Å²) in [5.74, 6) is 0.939. The summed E-state index contributed by atoms with van der Waals surface area (Å²) in [5.41, 5.74) is 0.452. The second-order valence-electron chi connectivity index (χ2n) is 6.34. The Bertz CT molecular complexity index is 829. The van der Waals surface area contributed by atoms with Crippen molar-refractivity contribution < 1.29 is 9.53 Å². The van der Waals surface area contributed by atoms with Gasteiger partial charge in [0, 0.05) is 25.2 Å². The summed E-state index contributed by atoms with van der Waals surface area (Å²) in [7, 11) is 0. The van der Waals surface area contributed by atoms with Crippen LogP contribution in [0.5, 0.6) is 0 Å². The largest absolute Gasteiger partial charge is 0.378 e. The van der Waals surface area contributed by atoms with E-state index in [9.17, 15) is 9.59 Å². The summed E-state index contributed by atoms with van der Waals surface area (Å²) in [4.78, 5) is 38.9. The van der Waals surface area contributed by atoms with Crippen LogP contribution in [0.3, 0.4) is 0 Å². The van der Waals surface area contributed by atoms with Crippen LogP contribution in [-0.2, 0) is 16.1 Å². The number of ether oxygens (including phenoxy) is 1. The van der Waals surface area contributed by atoms with E-state index in [-0.39, 0.29) is 23.9 Å². The number of amides is 1. The number of hydrogen-bond acceptors (Lipinski definition) is 7. The van der Waals surface area contributed by atoms with Crippen LogP contribution in [0.15, 0.2) is 29.6 Å². The molecule has 0 bridgehead atoms. The van der Waals surface area contributed by atoms with Crippen LogP contribution >= 0.6 is 0 Å². The molecule has 1 N–H and O–H groups in total. The van der Waals surface area contributed by atoms with Crippen molar-refractivity contribution in [2.45, 2.75) is 26.3 Å². The minimum atomic E-state index is -0.349. The van der Waals surface area contributed by atoms with E-state index in [0.29, 0.717) is 24.7 Å². The van der Waals surface area contributed by atoms with Crippen LogP contribution in [0.1, 0.15) is 25.5 Å². The molecule has 0 radical (unpaired) electrons. The summed E-state index contributed by atoms with van der Waals surface area (Å²) < 4.78 is 6.59. The molecule has 1 amide bonds. The molecule has 9 heteroatoms. The molecule has 2 aromatic heterocycles. The molecule has 0 atom stereocenters. The minimum Gasteiger partial charge on any atom is -0.378 e. The first-order valence-electron chi connectivity index (χ1n) is 8.54. The van der Waals surface area contributed by atoms with Crippen LogP contribution in [0, 0.1) is 0 Å². The van der Waals surface area contributed by atoms with E-state index in [1.54, 1.807) is 6.07 Å². The molecular formula is C17H22N6O3. The zero-order valence-electron chi connectivity index (χ0n) is 14.9. The SMILES string of the molecule is CC(C)c1cc(=O)n(CC(=O)Nc2cc(N3CCOCC3)ncn2)cn1. The number of rotatable bonds is 5. The molecule has 0 unspecified atom stereocenters. The van der Waals surface area contributed by atoms with Gasteiger partial charge in [-0.1, -0.05) is 13.8 Å². The van der Waals surface area contributed by atoms with Gasteiger partial charge in [0.25, 0.3) is 5.56 Å². The molecule has 1 aliphatic heterocycles. The van der Waals surface area contributed by atoms with E-state index in [2.05, 4.69) is 25.2 Å². The third-order valence-electron chi connectivity index (χ3n) is 4.06. The van der Waals surface area contributed by atoms with Gasteiger partial charge in [0.05, 0.1) is 25.2 Å². The van der Waals surface area contributed by atoms with Gasteiger partial charge in [-0.2, -0.15) is 0 Å². The van der Waals surface area contributed by atoms with Gasteiger partial charge in [0.1, 0.15) is 24.5 Å². The maximum absolute atomic E-state index is 12.2. The molecule has 9 nitrogen and oxygen atoms in total. The lowest BCUT2D eigenvalue weighted by atomic mass is 10.1. The van der Waals surface area contributed by atoms with Gasteiger partial charge >= 0.3 is 0 Å². The monoisotopic (exact) mass is 358 g/mol. The van der Waals surface area contributed by atoms with Crippen LogP contribution in [0.2, 0.25) is 0 Å². The zero-order valence-corrected chi connectivity index (χ0v) is 14.9. The minimum absolute atomic E-state index is 0.124. The Morgan fingerprint density at radius 1 is 1.23 bits per heavy atom. The molecule has 2 aromatic rings. The molecule has 3 heterocycles. The number of morpholine rings is 1. The first-order valence-corrected chi connectivity index (χ1v) is 8.54. The topological polar surface area (TPSA) is 102 Å². The summed E-state index contributed by atoms with van der Waals surface area (Å²) in [5, 5.41) is 2.70. The molecule has 1 aliphatic rings. The van der Waals surface area contributed by atoms with Gasteiger partial charge in [-0.15, -0.1) is 0 Å². The van der Waals surface area contributed by atoms with Gasteiger partial charge in [-0.05, 0) is 5.92 Å². The van der Waals surface area contributed by atoms with Gasteiger partial charge < -0.3 is 15.0 Å². The van der Waals surface area contributed by atoms with E-state index in [1.807, 2.05) is 13.8 Å². The molecule has 1 saturated heterocycles. The summed E-state index contributed by atoms with van der Waals surface area (Å²) in [6.45, 7) is 6.57. The molecule has 1 fully saturated rings. The van der Waals surface area contributed by atoms with Gasteiger partial charge in [-0.25, -0.2) is 15.0 Å². The van der Waals surface area contributed by atoms with Crippen molar-refractivity contribution in [3.63, 3.8) is 0 Å². The molecular weight excluding hydrogens is 336 g/mol. The number of aromatic nitrogens is 4. The predicted molar refractivity (Wildman–Crippen MR) is 96.3 cm³/mol. The number of carbonyl (C=O) groups is 1. The van der Waals surface area contributed by atoms with Crippen molar-refractivity contribution in [3.05, 3.63) is 40.8 Å². The van der Waals surface area contributed by atoms with E-state index < -0.39 is 0 Å². The predicted octanol–water partition coefficient (Wildman–Crippen LogP) is 0.632. The summed E-state index contributed by atoms with van der Waals surface area (Å²) >= 11 is 0. The second kappa shape index (κ2) is 8.05. The van der Waals surface area contributed by atoms with Crippen molar-refractivity contribution in [2.24, 2.45) is 0 Å². The molecule has 138 valence electrons. The third kappa shape index (κ3) is 4.42. The van der Waals surface area contributed by atoms with Crippen molar-refractivity contribution in [3.8, 4) is 0 Å². The molecule has 0 spiro atoms. The summed E-state index contributed by atoms with van der Waals surface area (Å²) in [6.07, 6.45) is 2.81. The second-order valence-corrected chi connectivity index (χ2v) is 6.34.